The van der Waals surface area contributed by atoms with E-state index < -0.39 is 33.1 Å². The van der Waals surface area contributed by atoms with E-state index in [9.17, 15) is 21.8 Å². The molecule has 12 heteroatoms. The average Bonchev–Trinajstić information content (AvgIpc) is 3.66. The van der Waals surface area contributed by atoms with Gasteiger partial charge in [0.15, 0.2) is 0 Å². The Morgan fingerprint density at radius 2 is 1.74 bits per heavy atom. The van der Waals surface area contributed by atoms with E-state index in [-0.39, 0.29) is 23.0 Å². The number of rotatable bonds is 5. The Morgan fingerprint density at radius 1 is 1.06 bits per heavy atom. The monoisotopic (exact) mass is 507 g/mol. The molecular formula is C23H21F4N5O2S. The van der Waals surface area contributed by atoms with Gasteiger partial charge in [-0.2, -0.15) is 13.2 Å². The summed E-state index contributed by atoms with van der Waals surface area (Å²) in [5.74, 6) is -0.488. The van der Waals surface area contributed by atoms with Crippen LogP contribution in [0.25, 0.3) is 11.3 Å². The number of nitrogens with zero attached hydrogens (tertiary/aromatic N) is 4. The molecule has 2 aliphatic rings. The van der Waals surface area contributed by atoms with Gasteiger partial charge in [0, 0.05) is 29.7 Å². The second-order valence-corrected chi connectivity index (χ2v) is 10.2. The molecule has 3 heterocycles. The van der Waals surface area contributed by atoms with Crippen molar-refractivity contribution in [2.24, 2.45) is 0 Å². The van der Waals surface area contributed by atoms with Gasteiger partial charge in [0.2, 0.25) is 5.95 Å². The highest BCUT2D eigenvalue weighted by atomic mass is 32.2. The zero-order valence-corrected chi connectivity index (χ0v) is 19.2. The van der Waals surface area contributed by atoms with Gasteiger partial charge in [-0.15, -0.1) is 0 Å². The summed E-state index contributed by atoms with van der Waals surface area (Å²) in [4.78, 5) is 15.2. The van der Waals surface area contributed by atoms with E-state index in [1.54, 1.807) is 0 Å². The summed E-state index contributed by atoms with van der Waals surface area (Å²) in [5, 5.41) is 0. The predicted molar refractivity (Wildman–Crippen MR) is 121 cm³/mol. The van der Waals surface area contributed by atoms with Crippen molar-refractivity contribution >= 4 is 22.6 Å². The average molecular weight is 508 g/mol. The molecule has 1 aliphatic carbocycles. The molecule has 1 atom stereocenters. The van der Waals surface area contributed by atoms with Gasteiger partial charge >= 0.3 is 6.18 Å². The van der Waals surface area contributed by atoms with Crippen LogP contribution in [0.3, 0.4) is 0 Å². The number of hydrogen-bond donors (Lipinski definition) is 1. The van der Waals surface area contributed by atoms with E-state index in [4.69, 9.17) is 10.5 Å². The third kappa shape index (κ3) is 4.59. The minimum Gasteiger partial charge on any atom is -0.384 e. The Hall–Kier alpha value is -3.12. The molecule has 184 valence electrons. The second-order valence-electron chi connectivity index (χ2n) is 8.41. The summed E-state index contributed by atoms with van der Waals surface area (Å²) in [5.41, 5.74) is 4.72. The molecule has 5 rings (SSSR count). The fourth-order valence-electron chi connectivity index (χ4n) is 4.05. The van der Waals surface area contributed by atoms with Crippen molar-refractivity contribution < 1.29 is 26.5 Å². The van der Waals surface area contributed by atoms with Gasteiger partial charge in [-0.25, -0.2) is 19.3 Å². The number of nitrogens with two attached hydrogens (primary N) is 1. The van der Waals surface area contributed by atoms with Crippen molar-refractivity contribution in [2.45, 2.75) is 28.7 Å². The van der Waals surface area contributed by atoms with E-state index in [1.807, 2.05) is 4.90 Å². The van der Waals surface area contributed by atoms with Crippen molar-refractivity contribution in [3.8, 4) is 11.3 Å². The Morgan fingerprint density at radius 3 is 2.37 bits per heavy atom. The van der Waals surface area contributed by atoms with Gasteiger partial charge < -0.3 is 15.4 Å². The second kappa shape index (κ2) is 8.83. The number of benzene rings is 1. The van der Waals surface area contributed by atoms with Gasteiger partial charge in [-0.3, -0.25) is 4.21 Å². The van der Waals surface area contributed by atoms with Gasteiger partial charge in [0.05, 0.1) is 45.7 Å². The lowest BCUT2D eigenvalue weighted by Gasteiger charge is -2.28. The highest BCUT2D eigenvalue weighted by molar-refractivity contribution is 7.86. The number of aromatic nitrogens is 3. The summed E-state index contributed by atoms with van der Waals surface area (Å²) in [7, 11) is -1.60. The van der Waals surface area contributed by atoms with Crippen LogP contribution in [0.15, 0.2) is 47.5 Å². The van der Waals surface area contributed by atoms with Crippen molar-refractivity contribution in [2.75, 3.05) is 36.9 Å². The van der Waals surface area contributed by atoms with E-state index in [0.29, 0.717) is 49.7 Å². The molecule has 1 aromatic carbocycles. The van der Waals surface area contributed by atoms with Crippen LogP contribution in [0.4, 0.5) is 29.3 Å². The highest BCUT2D eigenvalue weighted by Gasteiger charge is 2.52. The molecule has 1 aliphatic heterocycles. The number of anilines is 2. The topological polar surface area (TPSA) is 94.2 Å². The number of alkyl halides is 3. The minimum atomic E-state index is -4.69. The largest absolute Gasteiger partial charge is 0.417 e. The molecular weight excluding hydrogens is 486 g/mol. The van der Waals surface area contributed by atoms with Crippen LogP contribution in [0.2, 0.25) is 0 Å². The molecule has 0 amide bonds. The van der Waals surface area contributed by atoms with E-state index in [1.165, 1.54) is 30.3 Å². The maximum Gasteiger partial charge on any atom is 0.417 e. The smallest absolute Gasteiger partial charge is 0.384 e. The van der Waals surface area contributed by atoms with Crippen LogP contribution in [0, 0.1) is 5.82 Å². The SMILES string of the molecule is Nc1cc(C(F)(F)F)c(-c2cc(C3(S(=O)c4ccc(F)cc4)CC3)nc(N3CCOCC3)n2)cn1. The number of halogens is 4. The first kappa shape index (κ1) is 23.6. The van der Waals surface area contributed by atoms with Crippen LogP contribution in [0.1, 0.15) is 24.1 Å². The molecule has 1 saturated heterocycles. The molecule has 1 unspecified atom stereocenters. The first-order valence-corrected chi connectivity index (χ1v) is 12.1. The predicted octanol–water partition coefficient (Wildman–Crippen LogP) is 3.91. The van der Waals surface area contributed by atoms with E-state index in [2.05, 4.69) is 15.0 Å². The molecule has 2 aromatic heterocycles. The molecule has 2 N–H and O–H groups in total. The van der Waals surface area contributed by atoms with Gasteiger partial charge in [0.1, 0.15) is 11.6 Å². The lowest BCUT2D eigenvalue weighted by Crippen LogP contribution is -2.37. The van der Waals surface area contributed by atoms with Gasteiger partial charge in [-0.05, 0) is 49.2 Å². The van der Waals surface area contributed by atoms with E-state index >= 15 is 0 Å². The maximum atomic E-state index is 13.9. The molecule has 1 saturated carbocycles. The lowest BCUT2D eigenvalue weighted by molar-refractivity contribution is -0.137. The summed E-state index contributed by atoms with van der Waals surface area (Å²) < 4.78 is 73.0. The normalized spacial score (nSPS) is 18.3. The third-order valence-corrected chi connectivity index (χ3v) is 8.10. The summed E-state index contributed by atoms with van der Waals surface area (Å²) in [6, 6.07) is 7.56. The van der Waals surface area contributed by atoms with Crippen molar-refractivity contribution in [3.05, 3.63) is 59.7 Å². The molecule has 0 bridgehead atoms. The number of morpholine rings is 1. The fourth-order valence-corrected chi connectivity index (χ4v) is 5.66. The van der Waals surface area contributed by atoms with Crippen LogP contribution in [-0.2, 0) is 26.5 Å². The molecule has 35 heavy (non-hydrogen) atoms. The van der Waals surface area contributed by atoms with Gasteiger partial charge in [0.25, 0.3) is 0 Å². The Kier molecular flexibility index (Phi) is 5.96. The Labute approximate surface area is 200 Å². The summed E-state index contributed by atoms with van der Waals surface area (Å²) in [6.07, 6.45) is -2.61. The minimum absolute atomic E-state index is 0.0127. The van der Waals surface area contributed by atoms with Crippen LogP contribution >= 0.6 is 0 Å². The summed E-state index contributed by atoms with van der Waals surface area (Å²) in [6.45, 7) is 1.77. The molecule has 0 radical (unpaired) electrons. The third-order valence-electron chi connectivity index (χ3n) is 6.07. The maximum absolute atomic E-state index is 13.9. The zero-order valence-electron chi connectivity index (χ0n) is 18.4. The number of nitrogen functional groups attached to an aromatic ring is 1. The Bertz CT molecular complexity index is 1280. The van der Waals surface area contributed by atoms with Gasteiger partial charge in [-0.1, -0.05) is 0 Å². The number of ether oxygens (including phenoxy) is 1. The van der Waals surface area contributed by atoms with Crippen molar-refractivity contribution in [3.63, 3.8) is 0 Å². The number of pyridine rings is 1. The molecule has 2 fully saturated rings. The molecule has 7 nitrogen and oxygen atoms in total. The quantitative estimate of drug-likeness (QED) is 0.524. The Balaban J connectivity index is 1.65. The van der Waals surface area contributed by atoms with Crippen LogP contribution in [-0.4, -0.2) is 45.5 Å². The number of hydrogen-bond acceptors (Lipinski definition) is 7. The first-order chi connectivity index (χ1) is 16.7. The fraction of sp³-hybridized carbons (Fsp3) is 0.348. The summed E-state index contributed by atoms with van der Waals surface area (Å²) >= 11 is 0. The first-order valence-electron chi connectivity index (χ1n) is 10.9. The lowest BCUT2D eigenvalue weighted by atomic mass is 10.0. The molecule has 0 spiro atoms. The standard InChI is InChI=1S/C23H21F4N5O2S/c24-14-1-3-15(4-2-14)35(33)22(5-6-22)19-12-18(30-21(31-19)32-7-9-34-10-8-32)16-13-29-20(28)11-17(16)23(25,26)27/h1-4,11-13H,5-10H2,(H2,28,29). The zero-order chi connectivity index (χ0) is 24.8. The highest BCUT2D eigenvalue weighted by Crippen LogP contribution is 2.53. The van der Waals surface area contributed by atoms with Crippen molar-refractivity contribution in [1.82, 2.24) is 15.0 Å². The molecule has 3 aromatic rings. The van der Waals surface area contributed by atoms with E-state index in [0.717, 1.165) is 12.3 Å². The van der Waals surface area contributed by atoms with Crippen LogP contribution in [0.5, 0.6) is 0 Å². The van der Waals surface area contributed by atoms with Crippen LogP contribution < -0.4 is 10.6 Å². The van der Waals surface area contributed by atoms with Crippen molar-refractivity contribution in [1.29, 1.82) is 0 Å².